The number of para-hydroxylation sites is 2. The fraction of sp³-hybridized carbons (Fsp3) is 0.276. The van der Waals surface area contributed by atoms with E-state index in [1.165, 1.54) is 24.0 Å². The van der Waals surface area contributed by atoms with E-state index in [4.69, 9.17) is 15.1 Å². The number of fused-ring (bicyclic) bond motifs is 4. The van der Waals surface area contributed by atoms with E-state index in [-0.39, 0.29) is 5.56 Å². The van der Waals surface area contributed by atoms with Gasteiger partial charge in [0.25, 0.3) is 5.65 Å². The minimum Gasteiger partial charge on any atom is -0.250 e. The fourth-order valence-electron chi connectivity index (χ4n) is 5.02. The fourth-order valence-corrected chi connectivity index (χ4v) is 5.02. The van der Waals surface area contributed by atoms with Gasteiger partial charge in [-0.25, -0.2) is 24.3 Å². The number of nitrogens with zero attached hydrogens (tertiary/aromatic N) is 5. The molecule has 0 radical (unpaired) electrons. The van der Waals surface area contributed by atoms with Crippen LogP contribution in [0.15, 0.2) is 70.1 Å². The van der Waals surface area contributed by atoms with Crippen LogP contribution in [0.4, 0.5) is 0 Å². The maximum absolute atomic E-state index is 13.9. The maximum Gasteiger partial charge on any atom is 0.323 e. The zero-order chi connectivity index (χ0) is 24.6. The zero-order valence-electron chi connectivity index (χ0n) is 20.7. The molecule has 0 saturated carbocycles. The van der Waals surface area contributed by atoms with Crippen molar-refractivity contribution in [2.75, 3.05) is 0 Å². The van der Waals surface area contributed by atoms with Crippen molar-refractivity contribution in [3.8, 4) is 0 Å². The average molecular weight is 478 g/mol. The Hall–Kier alpha value is -4.13. The van der Waals surface area contributed by atoms with Gasteiger partial charge < -0.3 is 0 Å². The highest BCUT2D eigenvalue weighted by Gasteiger charge is 2.26. The number of hydrogen-bond donors (Lipinski definition) is 0. The quantitative estimate of drug-likeness (QED) is 0.261. The second-order valence-corrected chi connectivity index (χ2v) is 9.60. The van der Waals surface area contributed by atoms with Gasteiger partial charge in [0.15, 0.2) is 5.39 Å². The molecule has 7 heteroatoms. The van der Waals surface area contributed by atoms with Crippen molar-refractivity contribution in [3.63, 3.8) is 0 Å². The number of hydrogen-bond acceptors (Lipinski definition) is 4. The first kappa shape index (κ1) is 22.3. The molecular formula is C29H29N6O+. The summed E-state index contributed by atoms with van der Waals surface area (Å²) in [6, 6.07) is 15.9. The largest absolute Gasteiger partial charge is 0.323 e. The van der Waals surface area contributed by atoms with Gasteiger partial charge in [-0.05, 0) is 56.7 Å². The van der Waals surface area contributed by atoms with Crippen LogP contribution < -0.4 is 10.5 Å². The van der Waals surface area contributed by atoms with Gasteiger partial charge in [-0.2, -0.15) is 0 Å². The molecule has 2 aromatic carbocycles. The Morgan fingerprint density at radius 1 is 1.03 bits per heavy atom. The highest BCUT2D eigenvalue weighted by atomic mass is 16.1. The van der Waals surface area contributed by atoms with E-state index in [0.717, 1.165) is 41.7 Å². The van der Waals surface area contributed by atoms with Gasteiger partial charge in [-0.3, -0.25) is 0 Å². The minimum absolute atomic E-state index is 0.0588. The molecule has 3 aromatic heterocycles. The van der Waals surface area contributed by atoms with Gasteiger partial charge in [0.2, 0.25) is 11.5 Å². The number of aryl methyl sites for hydroxylation is 2. The van der Waals surface area contributed by atoms with Crippen molar-refractivity contribution < 1.29 is 4.98 Å². The lowest BCUT2D eigenvalue weighted by Gasteiger charge is -2.12. The molecular weight excluding hydrogens is 448 g/mol. The van der Waals surface area contributed by atoms with Crippen LogP contribution in [0.3, 0.4) is 0 Å². The van der Waals surface area contributed by atoms with E-state index in [1.54, 1.807) is 10.9 Å². The van der Waals surface area contributed by atoms with E-state index in [2.05, 4.69) is 30.1 Å². The predicted octanol–water partition coefficient (Wildman–Crippen LogP) is 5.10. The molecule has 3 heterocycles. The molecule has 7 nitrogen and oxygen atoms in total. The smallest absolute Gasteiger partial charge is 0.250 e. The Morgan fingerprint density at radius 3 is 2.56 bits per heavy atom. The van der Waals surface area contributed by atoms with E-state index in [9.17, 15) is 4.79 Å². The monoisotopic (exact) mass is 477 g/mol. The van der Waals surface area contributed by atoms with Crippen LogP contribution in [0.5, 0.6) is 0 Å². The molecule has 1 N–H and O–H groups in total. The van der Waals surface area contributed by atoms with Crippen molar-refractivity contribution in [1.29, 1.82) is 0 Å². The summed E-state index contributed by atoms with van der Waals surface area (Å²) in [4.78, 5) is 27.1. The summed E-state index contributed by atoms with van der Waals surface area (Å²) < 4.78 is 3.55. The number of benzene rings is 2. The molecule has 0 amide bonds. The van der Waals surface area contributed by atoms with Gasteiger partial charge in [0.1, 0.15) is 5.52 Å². The summed E-state index contributed by atoms with van der Waals surface area (Å²) in [6.45, 7) is 4.64. The van der Waals surface area contributed by atoms with Crippen LogP contribution in [0, 0.1) is 13.8 Å². The van der Waals surface area contributed by atoms with Crippen molar-refractivity contribution >= 4 is 39.4 Å². The summed E-state index contributed by atoms with van der Waals surface area (Å²) in [5.74, 6) is 0.794. The van der Waals surface area contributed by atoms with Crippen molar-refractivity contribution in [1.82, 2.24) is 19.2 Å². The Bertz CT molecular complexity index is 1720. The summed E-state index contributed by atoms with van der Waals surface area (Å²) in [5, 5.41) is 5.28. The van der Waals surface area contributed by atoms with E-state index >= 15 is 0 Å². The van der Waals surface area contributed by atoms with Gasteiger partial charge in [0, 0.05) is 6.92 Å². The van der Waals surface area contributed by atoms with Crippen LogP contribution in [0.25, 0.3) is 33.2 Å². The number of H-pyrrole nitrogens is 1. The highest BCUT2D eigenvalue weighted by Crippen LogP contribution is 2.25. The van der Waals surface area contributed by atoms with Crippen LogP contribution in [-0.4, -0.2) is 25.4 Å². The number of nitrogens with one attached hydrogen (secondary N) is 1. The van der Waals surface area contributed by atoms with Crippen molar-refractivity contribution in [2.45, 2.75) is 52.5 Å². The van der Waals surface area contributed by atoms with Crippen LogP contribution in [0.2, 0.25) is 0 Å². The first-order chi connectivity index (χ1) is 17.6. The number of aromatic nitrogens is 5. The lowest BCUT2D eigenvalue weighted by atomic mass is 9.97. The molecule has 1 aliphatic carbocycles. The molecule has 180 valence electrons. The highest BCUT2D eigenvalue weighted by molar-refractivity contribution is 6.03. The van der Waals surface area contributed by atoms with Crippen molar-refractivity contribution in [3.05, 3.63) is 87.5 Å². The van der Waals surface area contributed by atoms with Gasteiger partial charge in [0.05, 0.1) is 23.8 Å². The molecule has 0 spiro atoms. The van der Waals surface area contributed by atoms with E-state index in [1.807, 2.05) is 47.9 Å². The first-order valence-electron chi connectivity index (χ1n) is 12.6. The molecule has 6 rings (SSSR count). The Labute approximate surface area is 208 Å². The molecule has 0 atom stereocenters. The van der Waals surface area contributed by atoms with Gasteiger partial charge in [-0.15, -0.1) is 9.78 Å². The standard InChI is InChI=1S/C29H28N6O/c1-19-12-14-22(15-13-19)18-30-35-27-25(26-28(35)33-24-11-7-6-10-23(24)32-26)29(36)34(20(2)31-27)17-16-21-8-4-3-5-9-21/h6-8,10-15,18H,3-5,9,16-17H2,1-2H3/p+1/b30-18+. The average Bonchev–Trinajstić information content (AvgIpc) is 3.19. The van der Waals surface area contributed by atoms with Crippen LogP contribution in [-0.2, 0) is 6.54 Å². The van der Waals surface area contributed by atoms with Crippen molar-refractivity contribution in [2.24, 2.45) is 5.10 Å². The Kier molecular flexibility index (Phi) is 5.68. The summed E-state index contributed by atoms with van der Waals surface area (Å²) >= 11 is 0. The lowest BCUT2D eigenvalue weighted by Crippen LogP contribution is -2.31. The number of allylic oxidation sites excluding steroid dienone is 2. The Morgan fingerprint density at radius 2 is 1.81 bits per heavy atom. The normalized spacial score (nSPS) is 14.3. The van der Waals surface area contributed by atoms with Crippen LogP contribution >= 0.6 is 0 Å². The minimum atomic E-state index is -0.0588. The van der Waals surface area contributed by atoms with Crippen LogP contribution in [0.1, 0.15) is 49.1 Å². The first-order valence-corrected chi connectivity index (χ1v) is 12.6. The number of aromatic amines is 1. The van der Waals surface area contributed by atoms with E-state index in [0.29, 0.717) is 28.7 Å². The third-order valence-electron chi connectivity index (χ3n) is 7.04. The Balaban J connectivity index is 1.55. The summed E-state index contributed by atoms with van der Waals surface area (Å²) in [6.07, 6.45) is 9.79. The second kappa shape index (κ2) is 9.15. The molecule has 5 aromatic rings. The molecule has 0 fully saturated rings. The van der Waals surface area contributed by atoms with Gasteiger partial charge >= 0.3 is 5.56 Å². The third-order valence-corrected chi connectivity index (χ3v) is 7.04. The topological polar surface area (TPSA) is 79.2 Å². The predicted molar refractivity (Wildman–Crippen MR) is 143 cm³/mol. The van der Waals surface area contributed by atoms with Gasteiger partial charge in [-0.1, -0.05) is 53.6 Å². The zero-order valence-corrected chi connectivity index (χ0v) is 20.7. The molecule has 0 aliphatic heterocycles. The third kappa shape index (κ3) is 4.00. The summed E-state index contributed by atoms with van der Waals surface area (Å²) in [5.41, 5.74) is 6.81. The molecule has 0 saturated heterocycles. The van der Waals surface area contributed by atoms with E-state index < -0.39 is 0 Å². The number of rotatable bonds is 5. The summed E-state index contributed by atoms with van der Waals surface area (Å²) in [7, 11) is 0. The molecule has 36 heavy (non-hydrogen) atoms. The molecule has 1 aliphatic rings. The SMILES string of the molecule is Cc1ccc(/C=N/n2c3nc4ccccc4nc3c3c(=O)n(CCC4=CCCCC4)c(C)[nH+]c32)cc1. The molecule has 0 unspecified atom stereocenters. The maximum atomic E-state index is 13.9. The lowest BCUT2D eigenvalue weighted by molar-refractivity contribution is -0.368. The molecule has 0 bridgehead atoms. The second-order valence-electron chi connectivity index (χ2n) is 9.60.